The molecule has 1 aromatic heterocycles. The molecule has 1 unspecified atom stereocenters. The monoisotopic (exact) mass is 488 g/mol. The Morgan fingerprint density at radius 3 is 2.93 bits per heavy atom. The zero-order valence-corrected chi connectivity index (χ0v) is 17.4. The number of halogens is 3. The average Bonchev–Trinajstić information content (AvgIpc) is 3.10. The van der Waals surface area contributed by atoms with Crippen molar-refractivity contribution in [3.05, 3.63) is 59.8 Å². The fraction of sp³-hybridized carbons (Fsp3) is 0.368. The Bertz CT molecular complexity index is 761. The van der Waals surface area contributed by atoms with E-state index in [1.54, 1.807) is 13.2 Å². The van der Waals surface area contributed by atoms with Crippen molar-refractivity contribution < 1.29 is 13.5 Å². The van der Waals surface area contributed by atoms with Crippen LogP contribution in [-0.2, 0) is 6.42 Å². The number of rotatable bonds is 5. The van der Waals surface area contributed by atoms with Crippen molar-refractivity contribution >= 4 is 29.9 Å². The summed E-state index contributed by atoms with van der Waals surface area (Å²) in [5, 5.41) is 3.21. The molecule has 2 aromatic rings. The van der Waals surface area contributed by atoms with Crippen molar-refractivity contribution in [1.82, 2.24) is 15.2 Å². The summed E-state index contributed by atoms with van der Waals surface area (Å²) in [5.41, 5.74) is 0.353. The van der Waals surface area contributed by atoms with Crippen LogP contribution in [0.25, 0.3) is 0 Å². The summed E-state index contributed by atoms with van der Waals surface area (Å²) in [4.78, 5) is 10.5. The van der Waals surface area contributed by atoms with E-state index in [4.69, 9.17) is 4.74 Å². The Hall–Kier alpha value is -1.97. The number of nitrogens with zero attached hydrogens (tertiary/aromatic N) is 3. The quantitative estimate of drug-likeness (QED) is 0.399. The predicted octanol–water partition coefficient (Wildman–Crippen LogP) is 3.25. The number of aromatic nitrogens is 1. The number of likely N-dealkylation sites (tertiary alicyclic amines) is 1. The van der Waals surface area contributed by atoms with Crippen LogP contribution in [0, 0.1) is 11.6 Å². The summed E-state index contributed by atoms with van der Waals surface area (Å²) in [6, 6.07) is 9.08. The highest BCUT2D eigenvalue weighted by Gasteiger charge is 2.26. The molecule has 1 aliphatic rings. The molecule has 0 radical (unpaired) electrons. The third-order valence-corrected chi connectivity index (χ3v) is 4.27. The lowest BCUT2D eigenvalue weighted by Crippen LogP contribution is -2.41. The average molecular weight is 488 g/mol. The predicted molar refractivity (Wildman–Crippen MR) is 112 cm³/mol. The van der Waals surface area contributed by atoms with Crippen LogP contribution >= 0.6 is 24.0 Å². The maximum atomic E-state index is 13.7. The van der Waals surface area contributed by atoms with Gasteiger partial charge in [-0.25, -0.2) is 13.8 Å². The van der Waals surface area contributed by atoms with Crippen molar-refractivity contribution in [3.63, 3.8) is 0 Å². The maximum absolute atomic E-state index is 13.7. The lowest BCUT2D eigenvalue weighted by Gasteiger charge is -2.21. The standard InChI is InChI=1S/C19H22F2N4O.HI/c1-22-19(24-10-7-14-12-15(20)5-6-17(14)21)25-11-8-16(13-25)26-18-4-2-3-9-23-18;/h2-6,9,12,16H,7-8,10-11,13H2,1H3,(H,22,24);1H. The molecule has 0 bridgehead atoms. The van der Waals surface area contributed by atoms with Gasteiger partial charge in [-0.3, -0.25) is 4.99 Å². The molecule has 1 aliphatic heterocycles. The number of guanidine groups is 1. The lowest BCUT2D eigenvalue weighted by atomic mass is 10.1. The maximum Gasteiger partial charge on any atom is 0.213 e. The zero-order chi connectivity index (χ0) is 18.4. The summed E-state index contributed by atoms with van der Waals surface area (Å²) in [6.45, 7) is 1.98. The number of hydrogen-bond donors (Lipinski definition) is 1. The Kier molecular flexibility index (Phi) is 8.21. The van der Waals surface area contributed by atoms with E-state index >= 15 is 0 Å². The van der Waals surface area contributed by atoms with Crippen LogP contribution in [0.15, 0.2) is 47.6 Å². The SMILES string of the molecule is CN=C(NCCc1cc(F)ccc1F)N1CCC(Oc2ccccn2)C1.I. The molecule has 1 fully saturated rings. The van der Waals surface area contributed by atoms with Gasteiger partial charge in [-0.2, -0.15) is 0 Å². The highest BCUT2D eigenvalue weighted by Crippen LogP contribution is 2.16. The van der Waals surface area contributed by atoms with E-state index in [-0.39, 0.29) is 30.1 Å². The van der Waals surface area contributed by atoms with Gasteiger partial charge in [0.05, 0.1) is 6.54 Å². The van der Waals surface area contributed by atoms with Crippen LogP contribution in [-0.4, -0.2) is 48.6 Å². The van der Waals surface area contributed by atoms with Crippen molar-refractivity contribution in [1.29, 1.82) is 0 Å². The van der Waals surface area contributed by atoms with Gasteiger partial charge in [-0.15, -0.1) is 24.0 Å². The van der Waals surface area contributed by atoms with Crippen LogP contribution in [0.5, 0.6) is 5.88 Å². The van der Waals surface area contributed by atoms with Gasteiger partial charge in [0.15, 0.2) is 5.96 Å². The molecule has 8 heteroatoms. The number of pyridine rings is 1. The lowest BCUT2D eigenvalue weighted by molar-refractivity contribution is 0.205. The molecular weight excluding hydrogens is 465 g/mol. The van der Waals surface area contributed by atoms with Crippen LogP contribution in [0.3, 0.4) is 0 Å². The second kappa shape index (κ2) is 10.4. The van der Waals surface area contributed by atoms with E-state index in [0.29, 0.717) is 31.0 Å². The molecule has 3 rings (SSSR count). The van der Waals surface area contributed by atoms with Crippen LogP contribution in [0.4, 0.5) is 8.78 Å². The van der Waals surface area contributed by atoms with Crippen molar-refractivity contribution in [3.8, 4) is 5.88 Å². The van der Waals surface area contributed by atoms with Gasteiger partial charge in [0.2, 0.25) is 5.88 Å². The van der Waals surface area contributed by atoms with Gasteiger partial charge in [0.1, 0.15) is 17.7 Å². The Morgan fingerprint density at radius 1 is 1.33 bits per heavy atom. The fourth-order valence-electron chi connectivity index (χ4n) is 2.98. The van der Waals surface area contributed by atoms with E-state index in [9.17, 15) is 8.78 Å². The Morgan fingerprint density at radius 2 is 2.19 bits per heavy atom. The Labute approximate surface area is 174 Å². The first-order valence-electron chi connectivity index (χ1n) is 8.63. The van der Waals surface area contributed by atoms with E-state index in [1.807, 2.05) is 18.2 Å². The first-order valence-corrected chi connectivity index (χ1v) is 8.63. The van der Waals surface area contributed by atoms with E-state index in [1.165, 1.54) is 6.07 Å². The second-order valence-electron chi connectivity index (χ2n) is 6.10. The van der Waals surface area contributed by atoms with E-state index in [0.717, 1.165) is 31.1 Å². The largest absolute Gasteiger partial charge is 0.472 e. The summed E-state index contributed by atoms with van der Waals surface area (Å²) in [7, 11) is 1.71. The fourth-order valence-corrected chi connectivity index (χ4v) is 2.98. The third kappa shape index (κ3) is 6.02. The molecule has 1 atom stereocenters. The number of benzene rings is 1. The summed E-state index contributed by atoms with van der Waals surface area (Å²) < 4.78 is 32.8. The molecular formula is C19H23F2IN4O. The molecule has 0 aliphatic carbocycles. The minimum atomic E-state index is -0.431. The van der Waals surface area contributed by atoms with Gasteiger partial charge in [-0.1, -0.05) is 6.07 Å². The second-order valence-corrected chi connectivity index (χ2v) is 6.10. The summed E-state index contributed by atoms with van der Waals surface area (Å²) >= 11 is 0. The number of nitrogens with one attached hydrogen (secondary N) is 1. The molecule has 146 valence electrons. The van der Waals surface area contributed by atoms with Crippen molar-refractivity contribution in [2.75, 3.05) is 26.7 Å². The summed E-state index contributed by atoms with van der Waals surface area (Å²) in [6.07, 6.45) is 3.00. The summed E-state index contributed by atoms with van der Waals surface area (Å²) in [5.74, 6) is 0.519. The van der Waals surface area contributed by atoms with Crippen LogP contribution in [0.2, 0.25) is 0 Å². The van der Waals surface area contributed by atoms with Gasteiger partial charge < -0.3 is 15.0 Å². The highest BCUT2D eigenvalue weighted by atomic mass is 127. The number of hydrogen-bond acceptors (Lipinski definition) is 3. The normalized spacial score (nSPS) is 16.8. The van der Waals surface area contributed by atoms with E-state index in [2.05, 4.69) is 20.2 Å². The smallest absolute Gasteiger partial charge is 0.213 e. The number of aliphatic imine (C=N–C) groups is 1. The third-order valence-electron chi connectivity index (χ3n) is 4.27. The zero-order valence-electron chi connectivity index (χ0n) is 15.1. The first-order chi connectivity index (χ1) is 12.7. The highest BCUT2D eigenvalue weighted by molar-refractivity contribution is 14.0. The molecule has 1 saturated heterocycles. The molecule has 2 heterocycles. The molecule has 27 heavy (non-hydrogen) atoms. The molecule has 1 aromatic carbocycles. The topological polar surface area (TPSA) is 49.8 Å². The molecule has 0 saturated carbocycles. The molecule has 5 nitrogen and oxygen atoms in total. The van der Waals surface area contributed by atoms with Gasteiger partial charge in [0.25, 0.3) is 0 Å². The van der Waals surface area contributed by atoms with Crippen LogP contribution < -0.4 is 10.1 Å². The van der Waals surface area contributed by atoms with Gasteiger partial charge >= 0.3 is 0 Å². The van der Waals surface area contributed by atoms with Crippen LogP contribution in [0.1, 0.15) is 12.0 Å². The molecule has 0 spiro atoms. The Balaban J connectivity index is 0.00000261. The van der Waals surface area contributed by atoms with Crippen molar-refractivity contribution in [2.45, 2.75) is 18.9 Å². The van der Waals surface area contributed by atoms with Gasteiger partial charge in [0, 0.05) is 38.8 Å². The minimum Gasteiger partial charge on any atom is -0.472 e. The first kappa shape index (κ1) is 21.3. The number of ether oxygens (including phenoxy) is 1. The minimum absolute atomic E-state index is 0. The van der Waals surface area contributed by atoms with E-state index < -0.39 is 11.6 Å². The molecule has 0 amide bonds. The van der Waals surface area contributed by atoms with Crippen molar-refractivity contribution in [2.24, 2.45) is 4.99 Å². The van der Waals surface area contributed by atoms with Gasteiger partial charge in [-0.05, 0) is 36.2 Å². The molecule has 1 N–H and O–H groups in total.